The van der Waals surface area contributed by atoms with Gasteiger partial charge < -0.3 is 10.2 Å². The van der Waals surface area contributed by atoms with Crippen LogP contribution in [-0.4, -0.2) is 22.2 Å². The van der Waals surface area contributed by atoms with Gasteiger partial charge in [-0.15, -0.1) is 0 Å². The van der Waals surface area contributed by atoms with Crippen molar-refractivity contribution in [1.82, 2.24) is 0 Å². The molecule has 4 nitrogen and oxygen atoms in total. The van der Waals surface area contributed by atoms with Crippen molar-refractivity contribution in [2.75, 3.05) is 0 Å². The standard InChI is InChI=1S/C22H34O4/c1-3-5-7-8-9-10-12-14-18-17(13-11-6-4-2)19(21(23)24)15-16-20(18)22(25)26/h15-16H,3-14H2,1-2H3,(H,23,24)(H,25,26). The molecule has 0 heterocycles. The molecule has 1 aromatic carbocycles. The third-order valence-electron chi connectivity index (χ3n) is 4.95. The largest absolute Gasteiger partial charge is 0.478 e. The molecule has 1 aromatic rings. The van der Waals surface area contributed by atoms with E-state index < -0.39 is 11.9 Å². The van der Waals surface area contributed by atoms with Gasteiger partial charge >= 0.3 is 11.9 Å². The highest BCUT2D eigenvalue weighted by molar-refractivity contribution is 5.95. The molecule has 26 heavy (non-hydrogen) atoms. The van der Waals surface area contributed by atoms with Crippen LogP contribution < -0.4 is 0 Å². The number of rotatable bonds is 14. The third kappa shape index (κ3) is 7.19. The predicted octanol–water partition coefficient (Wildman–Crippen LogP) is 6.11. The summed E-state index contributed by atoms with van der Waals surface area (Å²) in [6, 6.07) is 2.92. The van der Waals surface area contributed by atoms with Crippen LogP contribution in [0.25, 0.3) is 0 Å². The van der Waals surface area contributed by atoms with Crippen LogP contribution in [0.2, 0.25) is 0 Å². The Hall–Kier alpha value is -1.84. The zero-order chi connectivity index (χ0) is 19.4. The molecule has 4 heteroatoms. The summed E-state index contributed by atoms with van der Waals surface area (Å²) in [6.07, 6.45) is 12.4. The van der Waals surface area contributed by atoms with Crippen molar-refractivity contribution in [3.05, 3.63) is 34.4 Å². The van der Waals surface area contributed by atoms with E-state index in [0.29, 0.717) is 12.8 Å². The first kappa shape index (κ1) is 22.2. The first-order chi connectivity index (χ1) is 12.5. The maximum Gasteiger partial charge on any atom is 0.335 e. The Morgan fingerprint density at radius 1 is 0.654 bits per heavy atom. The van der Waals surface area contributed by atoms with Gasteiger partial charge in [-0.25, -0.2) is 9.59 Å². The normalized spacial score (nSPS) is 10.8. The van der Waals surface area contributed by atoms with E-state index in [2.05, 4.69) is 13.8 Å². The fraction of sp³-hybridized carbons (Fsp3) is 0.636. The van der Waals surface area contributed by atoms with Crippen LogP contribution in [0.1, 0.15) is 110 Å². The zero-order valence-electron chi connectivity index (χ0n) is 16.4. The molecule has 0 saturated heterocycles. The van der Waals surface area contributed by atoms with E-state index in [-0.39, 0.29) is 11.1 Å². The molecule has 146 valence electrons. The number of carboxylic acid groups (broad SMARTS) is 2. The van der Waals surface area contributed by atoms with E-state index in [4.69, 9.17) is 0 Å². The fourth-order valence-electron chi connectivity index (χ4n) is 3.48. The molecule has 0 aliphatic heterocycles. The van der Waals surface area contributed by atoms with Crippen molar-refractivity contribution in [1.29, 1.82) is 0 Å². The SMILES string of the molecule is CCCCCCCCCc1c(C(=O)O)ccc(C(=O)O)c1CCCCC. The number of hydrogen-bond acceptors (Lipinski definition) is 2. The van der Waals surface area contributed by atoms with Crippen LogP contribution in [0, 0.1) is 0 Å². The molecule has 0 aliphatic rings. The smallest absolute Gasteiger partial charge is 0.335 e. The number of aromatic carboxylic acids is 2. The number of benzene rings is 1. The van der Waals surface area contributed by atoms with E-state index in [1.54, 1.807) is 0 Å². The van der Waals surface area contributed by atoms with E-state index >= 15 is 0 Å². The van der Waals surface area contributed by atoms with Crippen LogP contribution in [0.3, 0.4) is 0 Å². The molecule has 0 aliphatic carbocycles. The Bertz CT molecular complexity index is 578. The Balaban J connectivity index is 2.90. The lowest BCUT2D eigenvalue weighted by atomic mass is 9.89. The van der Waals surface area contributed by atoms with E-state index in [1.165, 1.54) is 37.8 Å². The average Bonchev–Trinajstić information content (AvgIpc) is 2.61. The summed E-state index contributed by atoms with van der Waals surface area (Å²) in [5.41, 5.74) is 2.01. The highest BCUT2D eigenvalue weighted by atomic mass is 16.4. The van der Waals surface area contributed by atoms with Crippen LogP contribution >= 0.6 is 0 Å². The number of carboxylic acids is 2. The molecule has 0 unspecified atom stereocenters. The lowest BCUT2D eigenvalue weighted by Crippen LogP contribution is -2.12. The second-order valence-electron chi connectivity index (χ2n) is 7.06. The fourth-order valence-corrected chi connectivity index (χ4v) is 3.48. The van der Waals surface area contributed by atoms with E-state index in [1.807, 2.05) is 0 Å². The first-order valence-electron chi connectivity index (χ1n) is 10.1. The minimum absolute atomic E-state index is 0.268. The molecule has 0 aromatic heterocycles. The Labute approximate surface area is 157 Å². The highest BCUT2D eigenvalue weighted by Gasteiger charge is 2.20. The summed E-state index contributed by atoms with van der Waals surface area (Å²) in [4.78, 5) is 23.3. The highest BCUT2D eigenvalue weighted by Crippen LogP contribution is 2.25. The van der Waals surface area contributed by atoms with Gasteiger partial charge in [-0.1, -0.05) is 65.2 Å². The van der Waals surface area contributed by atoms with Crippen molar-refractivity contribution in [2.45, 2.75) is 90.9 Å². The molecule has 0 radical (unpaired) electrons. The van der Waals surface area contributed by atoms with Crippen molar-refractivity contribution >= 4 is 11.9 Å². The van der Waals surface area contributed by atoms with Gasteiger partial charge in [0.05, 0.1) is 11.1 Å². The molecule has 2 N–H and O–H groups in total. The van der Waals surface area contributed by atoms with Crippen molar-refractivity contribution in [2.24, 2.45) is 0 Å². The predicted molar refractivity (Wildman–Crippen MR) is 105 cm³/mol. The van der Waals surface area contributed by atoms with Crippen molar-refractivity contribution in [3.8, 4) is 0 Å². The van der Waals surface area contributed by atoms with Gasteiger partial charge in [-0.3, -0.25) is 0 Å². The summed E-state index contributed by atoms with van der Waals surface area (Å²) >= 11 is 0. The average molecular weight is 363 g/mol. The molecular formula is C22H34O4. The summed E-state index contributed by atoms with van der Waals surface area (Å²) < 4.78 is 0. The zero-order valence-corrected chi connectivity index (χ0v) is 16.4. The van der Waals surface area contributed by atoms with Gasteiger partial charge in [0, 0.05) is 0 Å². The van der Waals surface area contributed by atoms with Crippen LogP contribution in [0.15, 0.2) is 12.1 Å². The molecule has 0 bridgehead atoms. The summed E-state index contributed by atoms with van der Waals surface area (Å²) in [6.45, 7) is 4.30. The summed E-state index contributed by atoms with van der Waals surface area (Å²) in [7, 11) is 0. The molecule has 1 rings (SSSR count). The lowest BCUT2D eigenvalue weighted by Gasteiger charge is -2.16. The molecule has 0 spiro atoms. The van der Waals surface area contributed by atoms with Gasteiger partial charge in [-0.05, 0) is 48.9 Å². The third-order valence-corrected chi connectivity index (χ3v) is 4.95. The lowest BCUT2D eigenvalue weighted by molar-refractivity contribution is 0.0679. The van der Waals surface area contributed by atoms with Gasteiger partial charge in [0.15, 0.2) is 0 Å². The van der Waals surface area contributed by atoms with Crippen LogP contribution in [-0.2, 0) is 12.8 Å². The van der Waals surface area contributed by atoms with Gasteiger partial charge in [0.25, 0.3) is 0 Å². The second kappa shape index (κ2) is 12.5. The van der Waals surface area contributed by atoms with Crippen LogP contribution in [0.5, 0.6) is 0 Å². The minimum Gasteiger partial charge on any atom is -0.478 e. The molecule has 0 atom stereocenters. The van der Waals surface area contributed by atoms with E-state index in [0.717, 1.165) is 49.7 Å². The molecule has 0 amide bonds. The van der Waals surface area contributed by atoms with Crippen molar-refractivity contribution in [3.63, 3.8) is 0 Å². The molecule has 0 fully saturated rings. The maximum atomic E-state index is 11.6. The number of hydrogen-bond donors (Lipinski definition) is 2. The first-order valence-corrected chi connectivity index (χ1v) is 10.1. The topological polar surface area (TPSA) is 74.6 Å². The second-order valence-corrected chi connectivity index (χ2v) is 7.06. The van der Waals surface area contributed by atoms with Crippen molar-refractivity contribution < 1.29 is 19.8 Å². The van der Waals surface area contributed by atoms with Crippen LogP contribution in [0.4, 0.5) is 0 Å². The quantitative estimate of drug-likeness (QED) is 0.392. The number of unbranched alkanes of at least 4 members (excludes halogenated alkanes) is 8. The maximum absolute atomic E-state index is 11.6. The molecule has 0 saturated carbocycles. The minimum atomic E-state index is -0.964. The Morgan fingerprint density at radius 3 is 1.42 bits per heavy atom. The van der Waals surface area contributed by atoms with Gasteiger partial charge in [0.1, 0.15) is 0 Å². The monoisotopic (exact) mass is 362 g/mol. The van der Waals surface area contributed by atoms with Gasteiger partial charge in [0.2, 0.25) is 0 Å². The Morgan fingerprint density at radius 2 is 1.00 bits per heavy atom. The summed E-state index contributed by atoms with van der Waals surface area (Å²) in [5, 5.41) is 19.1. The van der Waals surface area contributed by atoms with E-state index in [9.17, 15) is 19.8 Å². The Kier molecular flexibility index (Phi) is 10.7. The van der Waals surface area contributed by atoms with Gasteiger partial charge in [-0.2, -0.15) is 0 Å². The summed E-state index contributed by atoms with van der Waals surface area (Å²) in [5.74, 6) is -1.93. The molecular weight excluding hydrogens is 328 g/mol. The number of carbonyl (C=O) groups is 2.